The van der Waals surface area contributed by atoms with Gasteiger partial charge in [-0.25, -0.2) is 0 Å². The molecule has 1 heterocycles. The van der Waals surface area contributed by atoms with Gasteiger partial charge in [0.1, 0.15) is 5.40 Å². The van der Waals surface area contributed by atoms with Crippen molar-refractivity contribution in [2.24, 2.45) is 0 Å². The Morgan fingerprint density at radius 1 is 1.41 bits per heavy atom. The zero-order valence-electron chi connectivity index (χ0n) is 8.54. The molecule has 0 aliphatic carbocycles. The average Bonchev–Trinajstić information content (AvgIpc) is 2.86. The summed E-state index contributed by atoms with van der Waals surface area (Å²) in [4.78, 5) is 12.4. The van der Waals surface area contributed by atoms with Gasteiger partial charge in [-0.2, -0.15) is 20.7 Å². The topological polar surface area (TPSA) is 94.5 Å². The molecule has 2 rings (SSSR count). The third-order valence-electron chi connectivity index (χ3n) is 1.92. The fraction of sp³-hybridized carbons (Fsp3) is 0. The van der Waals surface area contributed by atoms with Gasteiger partial charge in [0.15, 0.2) is 5.69 Å². The van der Waals surface area contributed by atoms with Crippen LogP contribution in [0.5, 0.6) is 0 Å². The molecule has 2 aromatic rings. The molecule has 1 amide bonds. The highest BCUT2D eigenvalue weighted by atomic mass is 32.2. The lowest BCUT2D eigenvalue weighted by molar-refractivity contribution is 0.102. The van der Waals surface area contributed by atoms with E-state index in [4.69, 9.17) is 5.26 Å². The minimum Gasteiger partial charge on any atom is -0.321 e. The second-order valence-corrected chi connectivity index (χ2v) is 3.89. The fourth-order valence-electron chi connectivity index (χ4n) is 1.17. The smallest absolute Gasteiger partial charge is 0.277 e. The van der Waals surface area contributed by atoms with Crippen LogP contribution in [-0.4, -0.2) is 21.3 Å². The first-order valence-corrected chi connectivity index (χ1v) is 5.44. The number of nitrogens with one attached hydrogen (secondary N) is 2. The van der Waals surface area contributed by atoms with Gasteiger partial charge >= 0.3 is 0 Å². The summed E-state index contributed by atoms with van der Waals surface area (Å²) in [6, 6.07) is 6.95. The first kappa shape index (κ1) is 11.2. The number of aromatic amines is 1. The summed E-state index contributed by atoms with van der Waals surface area (Å²) in [7, 11) is 0. The maximum absolute atomic E-state index is 11.6. The number of amides is 1. The number of benzene rings is 1. The molecule has 0 atom stereocenters. The normalized spacial score (nSPS) is 9.59. The summed E-state index contributed by atoms with van der Waals surface area (Å²) < 4.78 is 0. The fourth-order valence-corrected chi connectivity index (χ4v) is 1.54. The van der Waals surface area contributed by atoms with E-state index >= 15 is 0 Å². The van der Waals surface area contributed by atoms with Crippen LogP contribution < -0.4 is 5.32 Å². The summed E-state index contributed by atoms with van der Waals surface area (Å²) in [5.74, 6) is -0.334. The van der Waals surface area contributed by atoms with Crippen molar-refractivity contribution < 1.29 is 4.79 Å². The molecule has 2 N–H and O–H groups in total. The number of carbonyl (C=O) groups excluding carboxylic acids is 1. The number of aromatic nitrogens is 3. The van der Waals surface area contributed by atoms with E-state index in [1.807, 2.05) is 5.40 Å². The minimum absolute atomic E-state index is 0.223. The molecule has 0 fully saturated rings. The molecule has 1 aromatic carbocycles. The molecular formula is C10H7N5OS. The summed E-state index contributed by atoms with van der Waals surface area (Å²) in [6.45, 7) is 0. The highest BCUT2D eigenvalue weighted by molar-refractivity contribution is 8.03. The molecule has 0 spiro atoms. The van der Waals surface area contributed by atoms with Crippen LogP contribution in [0.1, 0.15) is 10.5 Å². The SMILES string of the molecule is N#CSc1ccc(NC(=O)c2cn[nH]n2)cc1. The highest BCUT2D eigenvalue weighted by Gasteiger charge is 2.08. The number of nitriles is 1. The van der Waals surface area contributed by atoms with Crippen LogP contribution in [-0.2, 0) is 0 Å². The Labute approximate surface area is 101 Å². The summed E-state index contributed by atoms with van der Waals surface area (Å²) in [5.41, 5.74) is 0.862. The van der Waals surface area contributed by atoms with Gasteiger partial charge in [-0.05, 0) is 36.0 Å². The van der Waals surface area contributed by atoms with Crippen molar-refractivity contribution in [2.45, 2.75) is 4.90 Å². The zero-order chi connectivity index (χ0) is 12.1. The van der Waals surface area contributed by atoms with E-state index in [0.29, 0.717) is 5.69 Å². The van der Waals surface area contributed by atoms with Crippen LogP contribution in [0.3, 0.4) is 0 Å². The molecule has 0 unspecified atom stereocenters. The Kier molecular flexibility index (Phi) is 3.37. The van der Waals surface area contributed by atoms with Crippen molar-refractivity contribution in [2.75, 3.05) is 5.32 Å². The van der Waals surface area contributed by atoms with Crippen LogP contribution in [0, 0.1) is 10.7 Å². The molecule has 0 radical (unpaired) electrons. The standard InChI is InChI=1S/C10H7N5OS/c11-6-17-8-3-1-7(2-4-8)13-10(16)9-5-12-15-14-9/h1-5H,(H,13,16)(H,12,14,15). The Morgan fingerprint density at radius 2 is 2.18 bits per heavy atom. The summed E-state index contributed by atoms with van der Waals surface area (Å²) in [5, 5.41) is 22.7. The first-order valence-electron chi connectivity index (χ1n) is 4.63. The molecule has 7 heteroatoms. The van der Waals surface area contributed by atoms with Gasteiger partial charge in [0.25, 0.3) is 5.91 Å². The quantitative estimate of drug-likeness (QED) is 0.633. The summed E-state index contributed by atoms with van der Waals surface area (Å²) >= 11 is 1.07. The largest absolute Gasteiger partial charge is 0.321 e. The van der Waals surface area contributed by atoms with Crippen LogP contribution in [0.15, 0.2) is 35.4 Å². The summed E-state index contributed by atoms with van der Waals surface area (Å²) in [6.07, 6.45) is 1.34. The molecule has 0 saturated carbocycles. The lowest BCUT2D eigenvalue weighted by Crippen LogP contribution is -2.12. The average molecular weight is 245 g/mol. The molecular weight excluding hydrogens is 238 g/mol. The van der Waals surface area contributed by atoms with E-state index in [1.165, 1.54) is 6.20 Å². The molecule has 0 bridgehead atoms. The van der Waals surface area contributed by atoms with Gasteiger partial charge in [-0.1, -0.05) is 0 Å². The third-order valence-corrected chi connectivity index (χ3v) is 2.52. The molecule has 1 aromatic heterocycles. The van der Waals surface area contributed by atoms with E-state index in [1.54, 1.807) is 24.3 Å². The van der Waals surface area contributed by atoms with Gasteiger partial charge in [0.05, 0.1) is 6.20 Å². The van der Waals surface area contributed by atoms with Crippen LogP contribution in [0.25, 0.3) is 0 Å². The predicted molar refractivity (Wildman–Crippen MR) is 62.2 cm³/mol. The van der Waals surface area contributed by atoms with Crippen molar-refractivity contribution >= 4 is 23.4 Å². The molecule has 17 heavy (non-hydrogen) atoms. The maximum Gasteiger partial charge on any atom is 0.277 e. The number of hydrogen-bond acceptors (Lipinski definition) is 5. The van der Waals surface area contributed by atoms with Crippen LogP contribution in [0.2, 0.25) is 0 Å². The Hall–Kier alpha value is -2.33. The Morgan fingerprint density at radius 3 is 2.76 bits per heavy atom. The zero-order valence-corrected chi connectivity index (χ0v) is 9.36. The van der Waals surface area contributed by atoms with Crippen LogP contribution in [0.4, 0.5) is 5.69 Å². The van der Waals surface area contributed by atoms with E-state index in [2.05, 4.69) is 20.7 Å². The number of anilines is 1. The van der Waals surface area contributed by atoms with Crippen LogP contribution >= 0.6 is 11.8 Å². The van der Waals surface area contributed by atoms with E-state index in [-0.39, 0.29) is 11.6 Å². The molecule has 84 valence electrons. The van der Waals surface area contributed by atoms with Crippen molar-refractivity contribution in [1.82, 2.24) is 15.4 Å². The van der Waals surface area contributed by atoms with Gasteiger partial charge in [0, 0.05) is 10.6 Å². The number of thiocyanates is 1. The maximum atomic E-state index is 11.6. The van der Waals surface area contributed by atoms with E-state index in [9.17, 15) is 4.79 Å². The Balaban J connectivity index is 2.05. The third kappa shape index (κ3) is 2.83. The second kappa shape index (κ2) is 5.14. The number of nitrogens with zero attached hydrogens (tertiary/aromatic N) is 3. The lowest BCUT2D eigenvalue weighted by atomic mass is 10.3. The van der Waals surface area contributed by atoms with Gasteiger partial charge in [0.2, 0.25) is 0 Å². The second-order valence-electron chi connectivity index (χ2n) is 3.03. The van der Waals surface area contributed by atoms with E-state index < -0.39 is 0 Å². The van der Waals surface area contributed by atoms with Crippen molar-refractivity contribution in [3.8, 4) is 5.40 Å². The molecule has 0 saturated heterocycles. The molecule has 0 aliphatic heterocycles. The number of rotatable bonds is 3. The number of carbonyl (C=O) groups is 1. The van der Waals surface area contributed by atoms with Gasteiger partial charge < -0.3 is 5.32 Å². The highest BCUT2D eigenvalue weighted by Crippen LogP contribution is 2.19. The molecule has 0 aliphatic rings. The van der Waals surface area contributed by atoms with Crippen molar-refractivity contribution in [3.05, 3.63) is 36.2 Å². The Bertz CT molecular complexity index is 543. The lowest BCUT2D eigenvalue weighted by Gasteiger charge is -2.02. The monoisotopic (exact) mass is 245 g/mol. The first-order chi connectivity index (χ1) is 8.29. The minimum atomic E-state index is -0.334. The van der Waals surface area contributed by atoms with E-state index in [0.717, 1.165) is 16.7 Å². The van der Waals surface area contributed by atoms with Crippen molar-refractivity contribution in [1.29, 1.82) is 5.26 Å². The van der Waals surface area contributed by atoms with Crippen molar-refractivity contribution in [3.63, 3.8) is 0 Å². The predicted octanol–water partition coefficient (Wildman–Crippen LogP) is 1.63. The number of H-pyrrole nitrogens is 1. The number of hydrogen-bond donors (Lipinski definition) is 2. The molecule has 6 nitrogen and oxygen atoms in total. The van der Waals surface area contributed by atoms with Gasteiger partial charge in [-0.15, -0.1) is 0 Å². The number of thioether (sulfide) groups is 1. The van der Waals surface area contributed by atoms with Gasteiger partial charge in [-0.3, -0.25) is 4.79 Å².